The van der Waals surface area contributed by atoms with Gasteiger partial charge in [-0.3, -0.25) is 0 Å². The fraction of sp³-hybridized carbons (Fsp3) is 0.357. The van der Waals surface area contributed by atoms with Crippen molar-refractivity contribution >= 4 is 11.3 Å². The summed E-state index contributed by atoms with van der Waals surface area (Å²) < 4.78 is 13.7. The summed E-state index contributed by atoms with van der Waals surface area (Å²) >= 11 is 1.62. The maximum atomic E-state index is 13.7. The van der Waals surface area contributed by atoms with Crippen molar-refractivity contribution in [1.82, 2.24) is 10.3 Å². The molecule has 0 saturated heterocycles. The summed E-state index contributed by atoms with van der Waals surface area (Å²) in [5, 5.41) is 6.41. The van der Waals surface area contributed by atoms with Gasteiger partial charge in [-0.1, -0.05) is 19.1 Å². The summed E-state index contributed by atoms with van der Waals surface area (Å²) in [6, 6.07) is 5.33. The second-order valence-corrected chi connectivity index (χ2v) is 5.35. The zero-order valence-electron chi connectivity index (χ0n) is 10.8. The Morgan fingerprint density at radius 3 is 2.72 bits per heavy atom. The third kappa shape index (κ3) is 2.76. The highest BCUT2D eigenvalue weighted by Crippen LogP contribution is 2.24. The molecule has 2 rings (SSSR count). The normalized spacial score (nSPS) is 12.7. The third-order valence-electron chi connectivity index (χ3n) is 2.87. The SMILES string of the molecule is CCNC(c1ccc(C)c(F)c1)c1csc(C)n1. The van der Waals surface area contributed by atoms with E-state index in [1.807, 2.05) is 31.4 Å². The lowest BCUT2D eigenvalue weighted by molar-refractivity contribution is 0.592. The molecule has 1 aromatic heterocycles. The number of aryl methyl sites for hydroxylation is 2. The van der Waals surface area contributed by atoms with Gasteiger partial charge in [0.05, 0.1) is 16.7 Å². The van der Waals surface area contributed by atoms with Crippen LogP contribution in [0.2, 0.25) is 0 Å². The summed E-state index contributed by atoms with van der Waals surface area (Å²) in [7, 11) is 0. The van der Waals surface area contributed by atoms with E-state index >= 15 is 0 Å². The van der Waals surface area contributed by atoms with Crippen molar-refractivity contribution < 1.29 is 4.39 Å². The van der Waals surface area contributed by atoms with Gasteiger partial charge in [0.25, 0.3) is 0 Å². The predicted octanol–water partition coefficient (Wildman–Crippen LogP) is 3.60. The minimum atomic E-state index is -0.164. The van der Waals surface area contributed by atoms with Gasteiger partial charge in [-0.25, -0.2) is 9.37 Å². The summed E-state index contributed by atoms with van der Waals surface area (Å²) in [4.78, 5) is 4.49. The average Bonchev–Trinajstić information content (AvgIpc) is 2.76. The van der Waals surface area contributed by atoms with Gasteiger partial charge >= 0.3 is 0 Å². The molecule has 18 heavy (non-hydrogen) atoms. The summed E-state index contributed by atoms with van der Waals surface area (Å²) in [5.74, 6) is -0.164. The lowest BCUT2D eigenvalue weighted by atomic mass is 10.0. The highest BCUT2D eigenvalue weighted by molar-refractivity contribution is 7.09. The van der Waals surface area contributed by atoms with Crippen LogP contribution in [0.4, 0.5) is 4.39 Å². The van der Waals surface area contributed by atoms with Crippen LogP contribution in [-0.2, 0) is 0 Å². The standard InChI is InChI=1S/C14H17FN2S/c1-4-16-14(13-8-18-10(3)17-13)11-6-5-9(2)12(15)7-11/h5-8,14,16H,4H2,1-3H3. The Morgan fingerprint density at radius 1 is 1.39 bits per heavy atom. The minimum absolute atomic E-state index is 0.0324. The van der Waals surface area contributed by atoms with Crippen molar-refractivity contribution in [3.8, 4) is 0 Å². The van der Waals surface area contributed by atoms with Gasteiger partial charge in [0.15, 0.2) is 0 Å². The Bertz CT molecular complexity index is 536. The number of nitrogens with zero attached hydrogens (tertiary/aromatic N) is 1. The van der Waals surface area contributed by atoms with E-state index in [-0.39, 0.29) is 11.9 Å². The molecule has 0 saturated carbocycles. The molecule has 2 aromatic rings. The van der Waals surface area contributed by atoms with Gasteiger partial charge in [0, 0.05) is 5.38 Å². The Morgan fingerprint density at radius 2 is 2.17 bits per heavy atom. The smallest absolute Gasteiger partial charge is 0.126 e. The molecule has 0 bridgehead atoms. The van der Waals surface area contributed by atoms with E-state index in [4.69, 9.17) is 0 Å². The van der Waals surface area contributed by atoms with Gasteiger partial charge in [-0.2, -0.15) is 0 Å². The fourth-order valence-electron chi connectivity index (χ4n) is 1.90. The van der Waals surface area contributed by atoms with Crippen molar-refractivity contribution in [2.45, 2.75) is 26.8 Å². The van der Waals surface area contributed by atoms with E-state index in [2.05, 4.69) is 10.3 Å². The molecule has 0 aliphatic heterocycles. The molecule has 96 valence electrons. The van der Waals surface area contributed by atoms with E-state index in [9.17, 15) is 4.39 Å². The number of benzene rings is 1. The summed E-state index contributed by atoms with van der Waals surface area (Å²) in [6.07, 6.45) is 0. The molecule has 1 N–H and O–H groups in total. The van der Waals surface area contributed by atoms with Crippen molar-refractivity contribution in [3.05, 3.63) is 51.2 Å². The Kier molecular flexibility index (Phi) is 4.09. The van der Waals surface area contributed by atoms with E-state index < -0.39 is 0 Å². The topological polar surface area (TPSA) is 24.9 Å². The van der Waals surface area contributed by atoms with Gasteiger partial charge in [-0.05, 0) is 37.6 Å². The minimum Gasteiger partial charge on any atom is -0.305 e. The molecule has 0 aliphatic rings. The van der Waals surface area contributed by atoms with Crippen molar-refractivity contribution in [1.29, 1.82) is 0 Å². The first-order valence-electron chi connectivity index (χ1n) is 6.03. The van der Waals surface area contributed by atoms with E-state index in [1.165, 1.54) is 0 Å². The van der Waals surface area contributed by atoms with E-state index in [0.29, 0.717) is 5.56 Å². The molecule has 0 radical (unpaired) electrons. The van der Waals surface area contributed by atoms with Gasteiger partial charge in [0.1, 0.15) is 5.82 Å². The number of rotatable bonds is 4. The maximum Gasteiger partial charge on any atom is 0.126 e. The average molecular weight is 264 g/mol. The summed E-state index contributed by atoms with van der Waals surface area (Å²) in [6.45, 7) is 6.61. The molecule has 1 atom stereocenters. The predicted molar refractivity (Wildman–Crippen MR) is 73.5 cm³/mol. The highest BCUT2D eigenvalue weighted by atomic mass is 32.1. The van der Waals surface area contributed by atoms with Crippen molar-refractivity contribution in [2.24, 2.45) is 0 Å². The second kappa shape index (κ2) is 5.59. The monoisotopic (exact) mass is 264 g/mol. The zero-order valence-corrected chi connectivity index (χ0v) is 11.6. The number of hydrogen-bond donors (Lipinski definition) is 1. The van der Waals surface area contributed by atoms with Gasteiger partial charge < -0.3 is 5.32 Å². The first kappa shape index (κ1) is 13.2. The highest BCUT2D eigenvalue weighted by Gasteiger charge is 2.16. The number of thiazole rings is 1. The summed E-state index contributed by atoms with van der Waals surface area (Å²) in [5.41, 5.74) is 2.55. The first-order chi connectivity index (χ1) is 8.61. The van der Waals surface area contributed by atoms with Gasteiger partial charge in [-0.15, -0.1) is 11.3 Å². The molecule has 0 fully saturated rings. The number of hydrogen-bond acceptors (Lipinski definition) is 3. The molecular weight excluding hydrogens is 247 g/mol. The fourth-order valence-corrected chi connectivity index (χ4v) is 2.54. The lowest BCUT2D eigenvalue weighted by Crippen LogP contribution is -2.22. The van der Waals surface area contributed by atoms with Crippen molar-refractivity contribution in [3.63, 3.8) is 0 Å². The van der Waals surface area contributed by atoms with E-state index in [0.717, 1.165) is 22.8 Å². The Balaban J connectivity index is 2.37. The molecular formula is C14H17FN2S. The van der Waals surface area contributed by atoms with Gasteiger partial charge in [0.2, 0.25) is 0 Å². The van der Waals surface area contributed by atoms with E-state index in [1.54, 1.807) is 24.3 Å². The molecule has 1 heterocycles. The maximum absolute atomic E-state index is 13.7. The van der Waals surface area contributed by atoms with Crippen LogP contribution in [0.3, 0.4) is 0 Å². The molecule has 0 spiro atoms. The Labute approximate surface area is 111 Å². The zero-order chi connectivity index (χ0) is 13.1. The number of aromatic nitrogens is 1. The lowest BCUT2D eigenvalue weighted by Gasteiger charge is -2.16. The van der Waals surface area contributed by atoms with Crippen molar-refractivity contribution in [2.75, 3.05) is 6.54 Å². The number of nitrogens with one attached hydrogen (secondary N) is 1. The van der Waals surface area contributed by atoms with Crippen LogP contribution in [0.1, 0.15) is 34.8 Å². The molecule has 4 heteroatoms. The van der Waals surface area contributed by atoms with Crippen LogP contribution in [0, 0.1) is 19.7 Å². The van der Waals surface area contributed by atoms with Crippen LogP contribution >= 0.6 is 11.3 Å². The molecule has 0 amide bonds. The number of halogens is 1. The molecule has 1 aromatic carbocycles. The van der Waals surface area contributed by atoms with Crippen LogP contribution in [-0.4, -0.2) is 11.5 Å². The Hall–Kier alpha value is -1.26. The molecule has 0 aliphatic carbocycles. The largest absolute Gasteiger partial charge is 0.305 e. The molecule has 1 unspecified atom stereocenters. The molecule has 2 nitrogen and oxygen atoms in total. The van der Waals surface area contributed by atoms with Crippen LogP contribution in [0.25, 0.3) is 0 Å². The quantitative estimate of drug-likeness (QED) is 0.912. The van der Waals surface area contributed by atoms with Crippen LogP contribution in [0.15, 0.2) is 23.6 Å². The first-order valence-corrected chi connectivity index (χ1v) is 6.91. The van der Waals surface area contributed by atoms with Crippen LogP contribution in [0.5, 0.6) is 0 Å². The van der Waals surface area contributed by atoms with Crippen LogP contribution < -0.4 is 5.32 Å². The second-order valence-electron chi connectivity index (χ2n) is 4.29. The third-order valence-corrected chi connectivity index (χ3v) is 3.66.